The molecule has 28 heavy (non-hydrogen) atoms. The minimum atomic E-state index is -0.511. The van der Waals surface area contributed by atoms with E-state index in [1.54, 1.807) is 7.11 Å². The molecule has 0 unspecified atom stereocenters. The lowest BCUT2D eigenvalue weighted by atomic mass is 9.95. The molecule has 3 rings (SSSR count). The van der Waals surface area contributed by atoms with E-state index in [9.17, 15) is 14.9 Å². The Morgan fingerprint density at radius 2 is 2.04 bits per heavy atom. The van der Waals surface area contributed by atoms with Gasteiger partial charge >= 0.3 is 0 Å². The van der Waals surface area contributed by atoms with Gasteiger partial charge in [-0.15, -0.1) is 0 Å². The predicted molar refractivity (Wildman–Crippen MR) is 108 cm³/mol. The Labute approximate surface area is 168 Å². The first-order chi connectivity index (χ1) is 13.5. The monoisotopic (exact) mass is 403 g/mol. The largest absolute Gasteiger partial charge is 0.497 e. The summed E-state index contributed by atoms with van der Waals surface area (Å²) in [6.07, 6.45) is 1.45. The van der Waals surface area contributed by atoms with Crippen molar-refractivity contribution in [3.05, 3.63) is 63.2 Å². The Kier molecular flexibility index (Phi) is 6.49. The van der Waals surface area contributed by atoms with Crippen LogP contribution in [0.3, 0.4) is 0 Å². The summed E-state index contributed by atoms with van der Waals surface area (Å²) in [4.78, 5) is 25.3. The van der Waals surface area contributed by atoms with Gasteiger partial charge in [0.1, 0.15) is 5.75 Å². The number of non-ortho nitro benzene ring substituents is 1. The summed E-state index contributed by atoms with van der Waals surface area (Å²) in [7, 11) is 1.65. The van der Waals surface area contributed by atoms with Gasteiger partial charge in [-0.05, 0) is 49.7 Å². The van der Waals surface area contributed by atoms with E-state index < -0.39 is 4.92 Å². The number of halogens is 1. The van der Waals surface area contributed by atoms with E-state index in [0.717, 1.165) is 38.2 Å². The molecule has 1 aliphatic rings. The molecule has 1 amide bonds. The SMILES string of the molecule is COc1cccc(CN2CCC(C(=O)Nc3cc([N+](=O)[O-])ccc3Cl)CC2)c1. The zero-order valence-electron chi connectivity index (χ0n) is 15.6. The quantitative estimate of drug-likeness (QED) is 0.579. The normalized spacial score (nSPS) is 15.2. The van der Waals surface area contributed by atoms with E-state index in [1.807, 2.05) is 18.2 Å². The van der Waals surface area contributed by atoms with Crippen molar-refractivity contribution in [3.8, 4) is 5.75 Å². The Balaban J connectivity index is 1.55. The van der Waals surface area contributed by atoms with Crippen molar-refractivity contribution in [2.75, 3.05) is 25.5 Å². The number of methoxy groups -OCH3 is 1. The molecule has 0 aliphatic carbocycles. The summed E-state index contributed by atoms with van der Waals surface area (Å²) in [5.41, 5.74) is 1.35. The molecule has 1 saturated heterocycles. The van der Waals surface area contributed by atoms with Crippen LogP contribution >= 0.6 is 11.6 Å². The third-order valence-electron chi connectivity index (χ3n) is 4.92. The average molecular weight is 404 g/mol. The molecule has 0 aromatic heterocycles. The van der Waals surface area contributed by atoms with Crippen molar-refractivity contribution in [1.82, 2.24) is 4.90 Å². The van der Waals surface area contributed by atoms with E-state index >= 15 is 0 Å². The topological polar surface area (TPSA) is 84.7 Å². The number of amides is 1. The fourth-order valence-electron chi connectivity index (χ4n) is 3.34. The maximum atomic E-state index is 12.6. The molecule has 1 N–H and O–H groups in total. The van der Waals surface area contributed by atoms with Crippen LogP contribution in [-0.4, -0.2) is 35.9 Å². The van der Waals surface area contributed by atoms with Gasteiger partial charge in [-0.25, -0.2) is 0 Å². The second-order valence-electron chi connectivity index (χ2n) is 6.81. The fourth-order valence-corrected chi connectivity index (χ4v) is 3.50. The Bertz CT molecular complexity index is 866. The molecule has 0 radical (unpaired) electrons. The lowest BCUT2D eigenvalue weighted by Gasteiger charge is -2.31. The molecule has 8 heteroatoms. The third kappa shape index (κ3) is 4.99. The molecule has 2 aromatic carbocycles. The van der Waals surface area contributed by atoms with Crippen LogP contribution in [0.5, 0.6) is 5.75 Å². The highest BCUT2D eigenvalue weighted by Gasteiger charge is 2.26. The number of nitro benzene ring substituents is 1. The number of carbonyl (C=O) groups excluding carboxylic acids is 1. The van der Waals surface area contributed by atoms with E-state index in [2.05, 4.69) is 16.3 Å². The van der Waals surface area contributed by atoms with E-state index in [4.69, 9.17) is 16.3 Å². The predicted octanol–water partition coefficient (Wildman–Crippen LogP) is 4.11. The average Bonchev–Trinajstić information content (AvgIpc) is 2.70. The van der Waals surface area contributed by atoms with Crippen LogP contribution < -0.4 is 10.1 Å². The number of likely N-dealkylation sites (tertiary alicyclic amines) is 1. The van der Waals surface area contributed by atoms with Crippen molar-refractivity contribution < 1.29 is 14.5 Å². The molecule has 1 aliphatic heterocycles. The van der Waals surface area contributed by atoms with Gasteiger partial charge in [-0.2, -0.15) is 0 Å². The number of piperidine rings is 1. The molecule has 1 heterocycles. The van der Waals surface area contributed by atoms with Crippen molar-refractivity contribution >= 4 is 28.9 Å². The number of benzene rings is 2. The van der Waals surface area contributed by atoms with Crippen molar-refractivity contribution in [2.24, 2.45) is 5.92 Å². The number of anilines is 1. The molecule has 0 bridgehead atoms. The number of carbonyl (C=O) groups is 1. The maximum Gasteiger partial charge on any atom is 0.271 e. The van der Waals surface area contributed by atoms with Gasteiger partial charge in [-0.1, -0.05) is 23.7 Å². The number of nitrogens with zero attached hydrogens (tertiary/aromatic N) is 2. The summed E-state index contributed by atoms with van der Waals surface area (Å²) >= 11 is 6.07. The highest BCUT2D eigenvalue weighted by atomic mass is 35.5. The highest BCUT2D eigenvalue weighted by molar-refractivity contribution is 6.33. The molecule has 7 nitrogen and oxygen atoms in total. The Hall–Kier alpha value is -2.64. The zero-order chi connectivity index (χ0) is 20.1. The molecule has 0 spiro atoms. The van der Waals surface area contributed by atoms with Gasteiger partial charge in [0, 0.05) is 24.6 Å². The Morgan fingerprint density at radius 3 is 2.71 bits per heavy atom. The van der Waals surface area contributed by atoms with Gasteiger partial charge in [0.05, 0.1) is 22.7 Å². The lowest BCUT2D eigenvalue weighted by molar-refractivity contribution is -0.384. The van der Waals surface area contributed by atoms with Crippen LogP contribution in [0.4, 0.5) is 11.4 Å². The van der Waals surface area contributed by atoms with Crippen LogP contribution in [0.1, 0.15) is 18.4 Å². The number of hydrogen-bond acceptors (Lipinski definition) is 5. The van der Waals surface area contributed by atoms with Crippen molar-refractivity contribution in [2.45, 2.75) is 19.4 Å². The van der Waals surface area contributed by atoms with E-state index in [0.29, 0.717) is 0 Å². The standard InChI is InChI=1S/C20H22ClN3O4/c1-28-17-4-2-3-14(11-17)13-23-9-7-15(8-10-23)20(25)22-19-12-16(24(26)27)5-6-18(19)21/h2-6,11-12,15H,7-10,13H2,1H3,(H,22,25). The zero-order valence-corrected chi connectivity index (χ0v) is 16.3. The van der Waals surface area contributed by atoms with Crippen LogP contribution in [0.2, 0.25) is 5.02 Å². The molecular formula is C20H22ClN3O4. The smallest absolute Gasteiger partial charge is 0.271 e. The molecule has 0 atom stereocenters. The number of ether oxygens (including phenoxy) is 1. The number of nitrogens with one attached hydrogen (secondary N) is 1. The minimum Gasteiger partial charge on any atom is -0.497 e. The van der Waals surface area contributed by atoms with Gasteiger partial charge < -0.3 is 10.1 Å². The lowest BCUT2D eigenvalue weighted by Crippen LogP contribution is -2.37. The van der Waals surface area contributed by atoms with Gasteiger partial charge in [0.25, 0.3) is 5.69 Å². The van der Waals surface area contributed by atoms with Gasteiger partial charge in [-0.3, -0.25) is 19.8 Å². The summed E-state index contributed by atoms with van der Waals surface area (Å²) in [6.45, 7) is 2.41. The number of rotatable bonds is 6. The first-order valence-corrected chi connectivity index (χ1v) is 9.44. The minimum absolute atomic E-state index is 0.104. The van der Waals surface area contributed by atoms with Gasteiger partial charge in [0.2, 0.25) is 5.91 Å². The third-order valence-corrected chi connectivity index (χ3v) is 5.25. The highest BCUT2D eigenvalue weighted by Crippen LogP contribution is 2.28. The Morgan fingerprint density at radius 1 is 1.29 bits per heavy atom. The van der Waals surface area contributed by atoms with Crippen LogP contribution in [0.15, 0.2) is 42.5 Å². The van der Waals surface area contributed by atoms with E-state index in [1.165, 1.54) is 23.8 Å². The molecule has 148 valence electrons. The summed E-state index contributed by atoms with van der Waals surface area (Å²) < 4.78 is 5.26. The molecule has 2 aromatic rings. The maximum absolute atomic E-state index is 12.6. The van der Waals surface area contributed by atoms with Crippen molar-refractivity contribution in [1.29, 1.82) is 0 Å². The number of hydrogen-bond donors (Lipinski definition) is 1. The van der Waals surface area contributed by atoms with Crippen molar-refractivity contribution in [3.63, 3.8) is 0 Å². The second-order valence-corrected chi connectivity index (χ2v) is 7.22. The molecular weight excluding hydrogens is 382 g/mol. The molecule has 0 saturated carbocycles. The van der Waals surface area contributed by atoms with E-state index in [-0.39, 0.29) is 28.2 Å². The van der Waals surface area contributed by atoms with Crippen LogP contribution in [0.25, 0.3) is 0 Å². The first-order valence-electron chi connectivity index (χ1n) is 9.06. The molecule has 1 fully saturated rings. The summed E-state index contributed by atoms with van der Waals surface area (Å²) in [5, 5.41) is 13.9. The summed E-state index contributed by atoms with van der Waals surface area (Å²) in [5.74, 6) is 0.543. The van der Waals surface area contributed by atoms with Crippen LogP contribution in [0, 0.1) is 16.0 Å². The fraction of sp³-hybridized carbons (Fsp3) is 0.350. The number of nitro groups is 1. The second kappa shape index (κ2) is 9.03. The van der Waals surface area contributed by atoms with Gasteiger partial charge in [0.15, 0.2) is 0 Å². The summed E-state index contributed by atoms with van der Waals surface area (Å²) in [6, 6.07) is 12.0. The van der Waals surface area contributed by atoms with Crippen LogP contribution in [-0.2, 0) is 11.3 Å². The first kappa shape index (κ1) is 20.1.